The van der Waals surface area contributed by atoms with E-state index in [-0.39, 0.29) is 6.10 Å². The van der Waals surface area contributed by atoms with Crippen LogP contribution in [0, 0.1) is 0 Å². The van der Waals surface area contributed by atoms with Crippen LogP contribution < -0.4 is 0 Å². The number of ether oxygens (including phenoxy) is 1. The zero-order valence-corrected chi connectivity index (χ0v) is 11.7. The molecule has 0 aromatic heterocycles. The van der Waals surface area contributed by atoms with Crippen molar-refractivity contribution in [2.75, 3.05) is 12.4 Å². The Morgan fingerprint density at radius 3 is 2.69 bits per heavy atom. The van der Waals surface area contributed by atoms with Crippen molar-refractivity contribution in [3.05, 3.63) is 44.4 Å². The van der Waals surface area contributed by atoms with Crippen molar-refractivity contribution in [3.63, 3.8) is 0 Å². The first-order chi connectivity index (χ1) is 7.77. The van der Waals surface area contributed by atoms with Crippen molar-refractivity contribution in [1.82, 2.24) is 0 Å². The second kappa shape index (κ2) is 6.05. The molecule has 1 aromatic rings. The van der Waals surface area contributed by atoms with Crippen LogP contribution in [0.5, 0.6) is 0 Å². The molecule has 16 heavy (non-hydrogen) atoms. The fraction of sp³-hybridized carbons (Fsp3) is 0.333. The number of thioether (sulfide) groups is 1. The quantitative estimate of drug-likeness (QED) is 0.849. The van der Waals surface area contributed by atoms with E-state index in [1.165, 1.54) is 10.5 Å². The summed E-state index contributed by atoms with van der Waals surface area (Å²) in [4.78, 5) is 1.17. The number of benzene rings is 1. The van der Waals surface area contributed by atoms with Crippen LogP contribution in [0.15, 0.2) is 38.8 Å². The molecule has 1 aromatic carbocycles. The summed E-state index contributed by atoms with van der Waals surface area (Å²) < 4.78 is 6.67. The summed E-state index contributed by atoms with van der Waals surface area (Å²) in [6.45, 7) is 1.24. The lowest BCUT2D eigenvalue weighted by atomic mass is 10.2. The third-order valence-electron chi connectivity index (χ3n) is 2.32. The minimum Gasteiger partial charge on any atom is -0.387 e. The van der Waals surface area contributed by atoms with E-state index in [1.54, 1.807) is 11.8 Å². The first-order valence-electron chi connectivity index (χ1n) is 5.08. The second-order valence-corrected chi connectivity index (χ2v) is 5.85. The largest absolute Gasteiger partial charge is 0.387 e. The maximum Gasteiger partial charge on any atom is 0.0948 e. The Kier molecular flexibility index (Phi) is 4.69. The molecule has 0 saturated heterocycles. The van der Waals surface area contributed by atoms with E-state index in [1.807, 2.05) is 18.2 Å². The Balaban J connectivity index is 1.81. The summed E-state index contributed by atoms with van der Waals surface area (Å²) in [6.07, 6.45) is -0.291. The van der Waals surface area contributed by atoms with Gasteiger partial charge in [-0.05, 0) is 28.2 Å². The molecule has 4 heteroatoms. The monoisotopic (exact) mass is 348 g/mol. The van der Waals surface area contributed by atoms with Crippen molar-refractivity contribution < 1.29 is 9.84 Å². The predicted octanol–water partition coefficient (Wildman–Crippen LogP) is 2.96. The van der Waals surface area contributed by atoms with Gasteiger partial charge in [-0.1, -0.05) is 30.3 Å². The molecule has 2 rings (SSSR count). The standard InChI is InChI=1S/C12H13IO2S/c13-12-10(14)8-16-11(12)7-15-6-9-4-2-1-3-5-9/h1-5,10,14H,6-8H2. The fourth-order valence-corrected chi connectivity index (χ4v) is 3.56. The van der Waals surface area contributed by atoms with Crippen LogP contribution in [0.2, 0.25) is 0 Å². The highest BCUT2D eigenvalue weighted by molar-refractivity contribution is 14.1. The minimum absolute atomic E-state index is 0.291. The van der Waals surface area contributed by atoms with Crippen molar-refractivity contribution in [1.29, 1.82) is 0 Å². The number of aliphatic hydroxyl groups excluding tert-OH is 1. The van der Waals surface area contributed by atoms with Crippen molar-refractivity contribution >= 4 is 34.4 Å². The Morgan fingerprint density at radius 1 is 1.31 bits per heavy atom. The van der Waals surface area contributed by atoms with Gasteiger partial charge in [-0.25, -0.2) is 0 Å². The normalized spacial score (nSPS) is 20.5. The Morgan fingerprint density at radius 2 is 2.06 bits per heavy atom. The van der Waals surface area contributed by atoms with Gasteiger partial charge in [0.25, 0.3) is 0 Å². The number of hydrogen-bond acceptors (Lipinski definition) is 3. The highest BCUT2D eigenvalue weighted by Gasteiger charge is 2.21. The number of halogens is 1. The molecule has 86 valence electrons. The highest BCUT2D eigenvalue weighted by atomic mass is 127. The Hall–Kier alpha value is -0.0400. The van der Waals surface area contributed by atoms with Crippen LogP contribution in [0.4, 0.5) is 0 Å². The summed E-state index contributed by atoms with van der Waals surface area (Å²) in [6, 6.07) is 10.1. The van der Waals surface area contributed by atoms with E-state index in [2.05, 4.69) is 34.7 Å². The van der Waals surface area contributed by atoms with E-state index in [0.717, 1.165) is 9.33 Å². The molecule has 1 heterocycles. The topological polar surface area (TPSA) is 29.5 Å². The second-order valence-electron chi connectivity index (χ2n) is 3.58. The van der Waals surface area contributed by atoms with Crippen LogP contribution in [0.25, 0.3) is 0 Å². The molecule has 0 bridgehead atoms. The van der Waals surface area contributed by atoms with E-state index >= 15 is 0 Å². The van der Waals surface area contributed by atoms with Gasteiger partial charge in [0.1, 0.15) is 0 Å². The first kappa shape index (κ1) is 12.4. The molecule has 1 aliphatic heterocycles. The predicted molar refractivity (Wildman–Crippen MR) is 75.6 cm³/mol. The molecule has 0 fully saturated rings. The van der Waals surface area contributed by atoms with Crippen molar-refractivity contribution in [2.45, 2.75) is 12.7 Å². The molecule has 0 aliphatic carbocycles. The van der Waals surface area contributed by atoms with Gasteiger partial charge in [-0.2, -0.15) is 0 Å². The summed E-state index contributed by atoms with van der Waals surface area (Å²) in [7, 11) is 0. The van der Waals surface area contributed by atoms with Crippen molar-refractivity contribution in [2.24, 2.45) is 0 Å². The van der Waals surface area contributed by atoms with E-state index < -0.39 is 0 Å². The number of hydrogen-bond donors (Lipinski definition) is 1. The third kappa shape index (κ3) is 3.23. The molecule has 1 atom stereocenters. The van der Waals surface area contributed by atoms with Crippen LogP contribution in [0.3, 0.4) is 0 Å². The number of rotatable bonds is 4. The van der Waals surface area contributed by atoms with E-state index in [4.69, 9.17) is 4.74 Å². The van der Waals surface area contributed by atoms with Crippen LogP contribution in [-0.2, 0) is 11.3 Å². The maximum absolute atomic E-state index is 9.54. The van der Waals surface area contributed by atoms with Gasteiger partial charge < -0.3 is 9.84 Å². The summed E-state index contributed by atoms with van der Waals surface area (Å²) >= 11 is 3.89. The molecule has 1 N–H and O–H groups in total. The third-order valence-corrected chi connectivity index (χ3v) is 5.22. The molecule has 0 amide bonds. The van der Waals surface area contributed by atoms with Gasteiger partial charge in [0.15, 0.2) is 0 Å². The molecule has 0 spiro atoms. The Labute approximate surface area is 113 Å². The molecule has 2 nitrogen and oxygen atoms in total. The van der Waals surface area contributed by atoms with Crippen LogP contribution >= 0.6 is 34.4 Å². The summed E-state index contributed by atoms with van der Waals surface area (Å²) in [5.74, 6) is 0.766. The molecule has 1 aliphatic rings. The smallest absolute Gasteiger partial charge is 0.0948 e. The summed E-state index contributed by atoms with van der Waals surface area (Å²) in [5, 5.41) is 9.54. The van der Waals surface area contributed by atoms with Crippen LogP contribution in [-0.4, -0.2) is 23.6 Å². The number of aliphatic hydroxyl groups is 1. The Bertz CT molecular complexity index is 378. The molecule has 0 saturated carbocycles. The lowest BCUT2D eigenvalue weighted by Crippen LogP contribution is -2.04. The fourth-order valence-electron chi connectivity index (χ4n) is 1.45. The van der Waals surface area contributed by atoms with Gasteiger partial charge in [-0.3, -0.25) is 0 Å². The summed E-state index contributed by atoms with van der Waals surface area (Å²) in [5.41, 5.74) is 1.18. The minimum atomic E-state index is -0.291. The first-order valence-corrected chi connectivity index (χ1v) is 7.15. The van der Waals surface area contributed by atoms with Crippen molar-refractivity contribution in [3.8, 4) is 0 Å². The van der Waals surface area contributed by atoms with Gasteiger partial charge in [0.05, 0.1) is 19.3 Å². The average molecular weight is 348 g/mol. The molecular formula is C12H13IO2S. The van der Waals surface area contributed by atoms with Gasteiger partial charge in [-0.15, -0.1) is 11.8 Å². The van der Waals surface area contributed by atoms with Crippen LogP contribution in [0.1, 0.15) is 5.56 Å². The maximum atomic E-state index is 9.54. The SMILES string of the molecule is OC1CSC(COCc2ccccc2)=C1I. The lowest BCUT2D eigenvalue weighted by molar-refractivity contribution is 0.146. The lowest BCUT2D eigenvalue weighted by Gasteiger charge is -2.05. The van der Waals surface area contributed by atoms with Gasteiger partial charge in [0.2, 0.25) is 0 Å². The van der Waals surface area contributed by atoms with Gasteiger partial charge in [0, 0.05) is 14.2 Å². The zero-order chi connectivity index (χ0) is 11.4. The van der Waals surface area contributed by atoms with E-state index in [9.17, 15) is 5.11 Å². The van der Waals surface area contributed by atoms with E-state index in [0.29, 0.717) is 13.2 Å². The molecular weight excluding hydrogens is 335 g/mol. The molecule has 0 radical (unpaired) electrons. The highest BCUT2D eigenvalue weighted by Crippen LogP contribution is 2.35. The zero-order valence-electron chi connectivity index (χ0n) is 8.73. The molecule has 1 unspecified atom stereocenters. The average Bonchev–Trinajstić information content (AvgIpc) is 2.62. The van der Waals surface area contributed by atoms with Gasteiger partial charge >= 0.3 is 0 Å².